The quantitative estimate of drug-likeness (QED) is 0.837. The number of hydrogen-bond donors (Lipinski definition) is 2. The molecule has 1 atom stereocenters. The number of amides is 1. The highest BCUT2D eigenvalue weighted by Gasteiger charge is 2.21. The Hall–Kier alpha value is -1.92. The molecule has 1 aromatic carbocycles. The maximum atomic E-state index is 12.0. The van der Waals surface area contributed by atoms with E-state index in [0.29, 0.717) is 11.4 Å². The van der Waals surface area contributed by atoms with E-state index >= 15 is 0 Å². The molecule has 1 aliphatic heterocycles. The molecule has 0 aromatic heterocycles. The van der Waals surface area contributed by atoms with Crippen LogP contribution in [0.5, 0.6) is 0 Å². The van der Waals surface area contributed by atoms with Crippen LogP contribution in [0.1, 0.15) is 10.4 Å². The van der Waals surface area contributed by atoms with Crippen LogP contribution in [0.15, 0.2) is 47.6 Å². The highest BCUT2D eigenvalue weighted by Crippen LogP contribution is 2.09. The summed E-state index contributed by atoms with van der Waals surface area (Å²) in [5.74, 6) is 0.323. The monoisotopic (exact) mass is 289 g/mol. The Balaban J connectivity index is 2.02. The zero-order chi connectivity index (χ0) is 14.6. The van der Waals surface area contributed by atoms with Crippen LogP contribution in [-0.4, -0.2) is 26.4 Å². The highest BCUT2D eigenvalue weighted by molar-refractivity contribution is 6.69. The number of nitrogens with one attached hydrogen (secondary N) is 2. The molecule has 1 heterocycles. The summed E-state index contributed by atoms with van der Waals surface area (Å²) < 4.78 is 5.83. The van der Waals surface area contributed by atoms with Crippen LogP contribution >= 0.6 is 0 Å². The number of aliphatic imine (C=N–C) groups is 1. The standard InChI is InChI=1S/C14H19N3O2Si/c1-20(2,3)19-14-15-10-9-12(17-14)16-13(18)11-7-5-4-6-8-11/h4-10,14-15H,1-3H3,(H,16,17,18). The summed E-state index contributed by atoms with van der Waals surface area (Å²) >= 11 is 0. The molecule has 1 unspecified atom stereocenters. The Labute approximate surface area is 119 Å². The van der Waals surface area contributed by atoms with E-state index in [4.69, 9.17) is 4.43 Å². The maximum absolute atomic E-state index is 12.0. The summed E-state index contributed by atoms with van der Waals surface area (Å²) in [6.07, 6.45) is 3.02. The van der Waals surface area contributed by atoms with Crippen LogP contribution < -0.4 is 10.6 Å². The minimum absolute atomic E-state index is 0.178. The van der Waals surface area contributed by atoms with Gasteiger partial charge in [0.15, 0.2) is 8.32 Å². The summed E-state index contributed by atoms with van der Waals surface area (Å²) in [5, 5.41) is 5.78. The van der Waals surface area contributed by atoms with Gasteiger partial charge in [0, 0.05) is 11.8 Å². The first-order valence-corrected chi connectivity index (χ1v) is 9.89. The third kappa shape index (κ3) is 4.32. The summed E-state index contributed by atoms with van der Waals surface area (Å²) in [7, 11) is -1.69. The van der Waals surface area contributed by atoms with E-state index in [1.54, 1.807) is 24.4 Å². The number of hydrogen-bond acceptors (Lipinski definition) is 4. The number of nitrogens with zero attached hydrogens (tertiary/aromatic N) is 1. The lowest BCUT2D eigenvalue weighted by Crippen LogP contribution is -2.42. The molecule has 20 heavy (non-hydrogen) atoms. The first-order valence-electron chi connectivity index (χ1n) is 6.49. The molecule has 5 nitrogen and oxygen atoms in total. The van der Waals surface area contributed by atoms with Crippen molar-refractivity contribution in [1.29, 1.82) is 0 Å². The number of carbonyl (C=O) groups excluding carboxylic acids is 1. The third-order valence-electron chi connectivity index (χ3n) is 2.48. The smallest absolute Gasteiger partial charge is 0.256 e. The lowest BCUT2D eigenvalue weighted by molar-refractivity contribution is 0.0976. The van der Waals surface area contributed by atoms with Gasteiger partial charge in [0.2, 0.25) is 6.35 Å². The van der Waals surface area contributed by atoms with Crippen molar-refractivity contribution in [2.45, 2.75) is 26.0 Å². The van der Waals surface area contributed by atoms with Gasteiger partial charge in [-0.15, -0.1) is 0 Å². The minimum Gasteiger partial charge on any atom is -0.381 e. The van der Waals surface area contributed by atoms with Crippen molar-refractivity contribution in [3.8, 4) is 0 Å². The van der Waals surface area contributed by atoms with Crippen molar-refractivity contribution in [2.75, 3.05) is 0 Å². The fourth-order valence-electron chi connectivity index (χ4n) is 1.66. The molecule has 2 N–H and O–H groups in total. The SMILES string of the molecule is C[Si](C)(C)OC1N=C(NC(=O)c2ccccc2)C=CN1. The van der Waals surface area contributed by atoms with Crippen molar-refractivity contribution >= 4 is 20.1 Å². The van der Waals surface area contributed by atoms with Crippen molar-refractivity contribution in [2.24, 2.45) is 4.99 Å². The van der Waals surface area contributed by atoms with Gasteiger partial charge in [0.1, 0.15) is 5.84 Å². The van der Waals surface area contributed by atoms with Gasteiger partial charge in [-0.3, -0.25) is 4.79 Å². The Morgan fingerprint density at radius 2 is 2.00 bits per heavy atom. The van der Waals surface area contributed by atoms with Gasteiger partial charge in [-0.25, -0.2) is 4.99 Å². The first-order chi connectivity index (χ1) is 9.44. The molecule has 0 saturated carbocycles. The van der Waals surface area contributed by atoms with Crippen molar-refractivity contribution < 1.29 is 9.22 Å². The molecule has 0 saturated heterocycles. The van der Waals surface area contributed by atoms with E-state index in [2.05, 4.69) is 35.3 Å². The molecule has 0 bridgehead atoms. The molecular formula is C14H19N3O2Si. The minimum atomic E-state index is -1.69. The molecule has 2 rings (SSSR count). The lowest BCUT2D eigenvalue weighted by Gasteiger charge is -2.26. The first kappa shape index (κ1) is 14.5. The largest absolute Gasteiger partial charge is 0.381 e. The van der Waals surface area contributed by atoms with Crippen molar-refractivity contribution in [3.63, 3.8) is 0 Å². The van der Waals surface area contributed by atoms with E-state index in [9.17, 15) is 4.79 Å². The molecule has 0 radical (unpaired) electrons. The second kappa shape index (κ2) is 6.02. The van der Waals surface area contributed by atoms with Crippen LogP contribution in [0.3, 0.4) is 0 Å². The van der Waals surface area contributed by atoms with Crippen molar-refractivity contribution in [3.05, 3.63) is 48.2 Å². The lowest BCUT2D eigenvalue weighted by atomic mass is 10.2. The molecule has 106 valence electrons. The Bertz CT molecular complexity index is 535. The van der Waals surface area contributed by atoms with Crippen LogP contribution in [0.4, 0.5) is 0 Å². The fourth-order valence-corrected chi connectivity index (χ4v) is 2.45. The average molecular weight is 289 g/mol. The number of benzene rings is 1. The van der Waals surface area contributed by atoms with E-state index < -0.39 is 14.7 Å². The molecule has 0 spiro atoms. The normalized spacial score (nSPS) is 18.1. The van der Waals surface area contributed by atoms with Crippen LogP contribution in [0.2, 0.25) is 19.6 Å². The zero-order valence-corrected chi connectivity index (χ0v) is 12.9. The Morgan fingerprint density at radius 1 is 1.30 bits per heavy atom. The summed E-state index contributed by atoms with van der Waals surface area (Å²) in [5.41, 5.74) is 0.602. The Kier molecular flexibility index (Phi) is 4.36. The van der Waals surface area contributed by atoms with E-state index in [-0.39, 0.29) is 5.91 Å². The summed E-state index contributed by atoms with van der Waals surface area (Å²) in [6, 6.07) is 9.04. The number of carbonyl (C=O) groups is 1. The van der Waals surface area contributed by atoms with Crippen LogP contribution in [0.25, 0.3) is 0 Å². The summed E-state index contributed by atoms with van der Waals surface area (Å²) in [4.78, 5) is 16.4. The van der Waals surface area contributed by atoms with Gasteiger partial charge in [-0.1, -0.05) is 18.2 Å². The second-order valence-corrected chi connectivity index (χ2v) is 9.88. The topological polar surface area (TPSA) is 62.7 Å². The van der Waals surface area contributed by atoms with Gasteiger partial charge < -0.3 is 15.1 Å². The molecule has 1 amide bonds. The molecule has 1 aromatic rings. The van der Waals surface area contributed by atoms with E-state index in [1.807, 2.05) is 18.2 Å². The molecule has 0 fully saturated rings. The van der Waals surface area contributed by atoms with Gasteiger partial charge in [0.05, 0.1) is 0 Å². The second-order valence-electron chi connectivity index (χ2n) is 5.42. The van der Waals surface area contributed by atoms with Crippen molar-refractivity contribution in [1.82, 2.24) is 10.6 Å². The average Bonchev–Trinajstić information content (AvgIpc) is 2.38. The van der Waals surface area contributed by atoms with Crippen LogP contribution in [0, 0.1) is 0 Å². The van der Waals surface area contributed by atoms with E-state index in [1.165, 1.54) is 0 Å². The van der Waals surface area contributed by atoms with Gasteiger partial charge in [0.25, 0.3) is 5.91 Å². The zero-order valence-electron chi connectivity index (χ0n) is 11.9. The third-order valence-corrected chi connectivity index (χ3v) is 3.41. The molecular weight excluding hydrogens is 270 g/mol. The maximum Gasteiger partial charge on any atom is 0.256 e. The highest BCUT2D eigenvalue weighted by atomic mass is 28.4. The van der Waals surface area contributed by atoms with E-state index in [0.717, 1.165) is 0 Å². The predicted molar refractivity (Wildman–Crippen MR) is 81.8 cm³/mol. The van der Waals surface area contributed by atoms with Gasteiger partial charge in [-0.2, -0.15) is 0 Å². The van der Waals surface area contributed by atoms with Crippen LogP contribution in [-0.2, 0) is 4.43 Å². The molecule has 0 aliphatic carbocycles. The van der Waals surface area contributed by atoms with Gasteiger partial charge in [-0.05, 0) is 37.8 Å². The Morgan fingerprint density at radius 3 is 2.65 bits per heavy atom. The fraction of sp³-hybridized carbons (Fsp3) is 0.286. The summed E-state index contributed by atoms with van der Waals surface area (Å²) in [6.45, 7) is 6.26. The predicted octanol–water partition coefficient (Wildman–Crippen LogP) is 2.07. The molecule has 6 heteroatoms. The molecule has 1 aliphatic rings. The number of amidine groups is 1. The van der Waals surface area contributed by atoms with Gasteiger partial charge >= 0.3 is 0 Å². The number of rotatable bonds is 3.